The molecule has 1 saturated heterocycles. The second-order valence-electron chi connectivity index (χ2n) is 4.81. The van der Waals surface area contributed by atoms with Gasteiger partial charge in [0.1, 0.15) is 0 Å². The molecule has 0 saturated carbocycles. The van der Waals surface area contributed by atoms with E-state index in [9.17, 15) is 9.59 Å². The van der Waals surface area contributed by atoms with E-state index in [1.54, 1.807) is 18.2 Å². The molecule has 2 amide bonds. The maximum absolute atomic E-state index is 12.4. The summed E-state index contributed by atoms with van der Waals surface area (Å²) in [5, 5.41) is 0.379. The largest absolute Gasteiger partial charge is 0.293 e. The normalized spacial score (nSPS) is 16.6. The monoisotopic (exact) mass is 329 g/mol. The maximum atomic E-state index is 12.4. The second kappa shape index (κ2) is 6.38. The van der Waals surface area contributed by atoms with Crippen LogP contribution in [0.1, 0.15) is 11.1 Å². The predicted octanol–water partition coefficient (Wildman–Crippen LogP) is 4.58. The van der Waals surface area contributed by atoms with Crippen molar-refractivity contribution in [1.82, 2.24) is 4.90 Å². The van der Waals surface area contributed by atoms with Gasteiger partial charge in [-0.25, -0.2) is 0 Å². The molecule has 1 fully saturated rings. The first-order chi connectivity index (χ1) is 10.6. The molecule has 3 rings (SSSR count). The summed E-state index contributed by atoms with van der Waals surface area (Å²) in [6.07, 6.45) is 1.74. The molecule has 5 heteroatoms. The smallest absolute Gasteiger partial charge is 0.268 e. The number of carbonyl (C=O) groups excluding carboxylic acids is 2. The first-order valence-corrected chi connectivity index (χ1v) is 7.88. The Morgan fingerprint density at radius 2 is 1.68 bits per heavy atom. The second-order valence-corrected chi connectivity index (χ2v) is 6.23. The van der Waals surface area contributed by atoms with E-state index < -0.39 is 0 Å². The summed E-state index contributed by atoms with van der Waals surface area (Å²) in [6, 6.07) is 16.6. The van der Waals surface area contributed by atoms with Gasteiger partial charge in [-0.3, -0.25) is 14.5 Å². The molecule has 0 unspecified atom stereocenters. The highest BCUT2D eigenvalue weighted by Gasteiger charge is 2.34. The van der Waals surface area contributed by atoms with Crippen LogP contribution in [0.4, 0.5) is 4.79 Å². The zero-order chi connectivity index (χ0) is 15.5. The van der Waals surface area contributed by atoms with E-state index in [2.05, 4.69) is 0 Å². The van der Waals surface area contributed by atoms with Crippen molar-refractivity contribution in [2.75, 3.05) is 0 Å². The summed E-state index contributed by atoms with van der Waals surface area (Å²) in [7, 11) is 0. The Morgan fingerprint density at radius 3 is 2.36 bits per heavy atom. The summed E-state index contributed by atoms with van der Waals surface area (Å²) in [5.74, 6) is -0.256. The van der Waals surface area contributed by atoms with Crippen molar-refractivity contribution in [1.29, 1.82) is 0 Å². The number of hydrogen-bond acceptors (Lipinski definition) is 3. The summed E-state index contributed by atoms with van der Waals surface area (Å²) in [5.41, 5.74) is 1.77. The number of benzene rings is 2. The van der Waals surface area contributed by atoms with Crippen LogP contribution in [0.3, 0.4) is 0 Å². The lowest BCUT2D eigenvalue weighted by atomic mass is 10.2. The minimum absolute atomic E-state index is 0.248. The Morgan fingerprint density at radius 1 is 1.00 bits per heavy atom. The van der Waals surface area contributed by atoms with Gasteiger partial charge in [0.25, 0.3) is 11.1 Å². The molecule has 3 nitrogen and oxygen atoms in total. The fourth-order valence-electron chi connectivity index (χ4n) is 2.11. The minimum Gasteiger partial charge on any atom is -0.268 e. The third kappa shape index (κ3) is 3.24. The van der Waals surface area contributed by atoms with Crippen LogP contribution in [-0.4, -0.2) is 16.0 Å². The zero-order valence-electron chi connectivity index (χ0n) is 11.5. The van der Waals surface area contributed by atoms with Crippen LogP contribution >= 0.6 is 23.4 Å². The molecule has 0 aromatic heterocycles. The number of halogens is 1. The predicted molar refractivity (Wildman–Crippen MR) is 89.4 cm³/mol. The standard InChI is InChI=1S/C17H12ClNO2S/c18-14-8-6-13(7-9-14)11-19-16(20)15(22-17(19)21)10-12-4-2-1-3-5-12/h1-10H,11H2/b15-10-. The van der Waals surface area contributed by atoms with Crippen molar-refractivity contribution in [3.63, 3.8) is 0 Å². The van der Waals surface area contributed by atoms with Gasteiger partial charge in [-0.2, -0.15) is 0 Å². The first-order valence-electron chi connectivity index (χ1n) is 6.68. The van der Waals surface area contributed by atoms with Gasteiger partial charge in [0, 0.05) is 5.02 Å². The molecule has 2 aromatic rings. The molecular formula is C17H12ClNO2S. The molecule has 1 aliphatic heterocycles. The highest BCUT2D eigenvalue weighted by Crippen LogP contribution is 2.33. The van der Waals surface area contributed by atoms with E-state index in [1.165, 1.54) is 4.90 Å². The number of imide groups is 1. The van der Waals surface area contributed by atoms with E-state index >= 15 is 0 Å². The Labute approximate surface area is 137 Å². The lowest BCUT2D eigenvalue weighted by Crippen LogP contribution is -2.27. The number of amides is 2. The molecule has 22 heavy (non-hydrogen) atoms. The van der Waals surface area contributed by atoms with Crippen molar-refractivity contribution in [2.24, 2.45) is 0 Å². The molecule has 0 atom stereocenters. The van der Waals surface area contributed by atoms with Crippen LogP contribution in [-0.2, 0) is 11.3 Å². The lowest BCUT2D eigenvalue weighted by molar-refractivity contribution is -0.123. The number of nitrogens with zero attached hydrogens (tertiary/aromatic N) is 1. The van der Waals surface area contributed by atoms with Gasteiger partial charge in [-0.1, -0.05) is 54.1 Å². The topological polar surface area (TPSA) is 37.4 Å². The Bertz CT molecular complexity index is 741. The van der Waals surface area contributed by atoms with Gasteiger partial charge in [0.2, 0.25) is 0 Å². The Hall–Kier alpha value is -2.04. The SMILES string of the molecule is O=C1S/C(=C\c2ccccc2)C(=O)N1Cc1ccc(Cl)cc1. The average Bonchev–Trinajstić information content (AvgIpc) is 2.78. The van der Waals surface area contributed by atoms with E-state index in [1.807, 2.05) is 42.5 Å². The van der Waals surface area contributed by atoms with Gasteiger partial charge >= 0.3 is 0 Å². The van der Waals surface area contributed by atoms with E-state index in [0.29, 0.717) is 9.93 Å². The van der Waals surface area contributed by atoms with Crippen LogP contribution in [0.15, 0.2) is 59.5 Å². The average molecular weight is 330 g/mol. The molecule has 0 bridgehead atoms. The van der Waals surface area contributed by atoms with Crippen LogP contribution in [0, 0.1) is 0 Å². The minimum atomic E-state index is -0.256. The van der Waals surface area contributed by atoms with E-state index in [0.717, 1.165) is 22.9 Å². The van der Waals surface area contributed by atoms with Crippen LogP contribution in [0.5, 0.6) is 0 Å². The summed E-state index contributed by atoms with van der Waals surface area (Å²) in [6.45, 7) is 0.258. The molecule has 110 valence electrons. The van der Waals surface area contributed by atoms with Crippen molar-refractivity contribution < 1.29 is 9.59 Å². The number of carbonyl (C=O) groups is 2. The lowest BCUT2D eigenvalue weighted by Gasteiger charge is -2.12. The number of thioether (sulfide) groups is 1. The van der Waals surface area contributed by atoms with Crippen molar-refractivity contribution >= 4 is 40.6 Å². The third-order valence-corrected chi connectivity index (χ3v) is 4.38. The van der Waals surface area contributed by atoms with Crippen molar-refractivity contribution in [3.8, 4) is 0 Å². The van der Waals surface area contributed by atoms with Gasteiger partial charge < -0.3 is 0 Å². The molecule has 0 spiro atoms. The summed E-state index contributed by atoms with van der Waals surface area (Å²) >= 11 is 6.81. The van der Waals surface area contributed by atoms with E-state index in [-0.39, 0.29) is 17.7 Å². The van der Waals surface area contributed by atoms with Crippen LogP contribution in [0.2, 0.25) is 5.02 Å². The first kappa shape index (κ1) is 14.9. The molecular weight excluding hydrogens is 318 g/mol. The fraction of sp³-hybridized carbons (Fsp3) is 0.0588. The highest BCUT2D eigenvalue weighted by atomic mass is 35.5. The van der Waals surface area contributed by atoms with Crippen LogP contribution in [0.25, 0.3) is 6.08 Å². The van der Waals surface area contributed by atoms with Crippen molar-refractivity contribution in [2.45, 2.75) is 6.54 Å². The van der Waals surface area contributed by atoms with Gasteiger partial charge in [-0.15, -0.1) is 0 Å². The van der Waals surface area contributed by atoms with Gasteiger partial charge in [0.15, 0.2) is 0 Å². The quantitative estimate of drug-likeness (QED) is 0.774. The van der Waals surface area contributed by atoms with Gasteiger partial charge in [-0.05, 0) is 41.1 Å². The molecule has 2 aromatic carbocycles. The molecule has 0 radical (unpaired) electrons. The Balaban J connectivity index is 1.80. The molecule has 0 N–H and O–H groups in total. The molecule has 0 aliphatic carbocycles. The van der Waals surface area contributed by atoms with Crippen molar-refractivity contribution in [3.05, 3.63) is 75.7 Å². The van der Waals surface area contributed by atoms with Gasteiger partial charge in [0.05, 0.1) is 11.4 Å². The summed E-state index contributed by atoms with van der Waals surface area (Å²) < 4.78 is 0. The number of rotatable bonds is 3. The molecule has 1 aliphatic rings. The molecule has 1 heterocycles. The maximum Gasteiger partial charge on any atom is 0.293 e. The highest BCUT2D eigenvalue weighted by molar-refractivity contribution is 8.18. The summed E-state index contributed by atoms with van der Waals surface area (Å²) in [4.78, 5) is 26.1. The van der Waals surface area contributed by atoms with E-state index in [4.69, 9.17) is 11.6 Å². The third-order valence-electron chi connectivity index (χ3n) is 3.22. The fourth-order valence-corrected chi connectivity index (χ4v) is 3.07. The Kier molecular flexibility index (Phi) is 4.32. The number of hydrogen-bond donors (Lipinski definition) is 0. The zero-order valence-corrected chi connectivity index (χ0v) is 13.1. The van der Waals surface area contributed by atoms with Crippen LogP contribution < -0.4 is 0 Å².